The molecule has 0 saturated heterocycles. The van der Waals surface area contributed by atoms with Crippen LogP contribution in [-0.4, -0.2) is 31.9 Å². The van der Waals surface area contributed by atoms with Crippen LogP contribution in [0.4, 0.5) is 8.78 Å². The normalized spacial score (nSPS) is 24.8. The molecule has 0 bridgehead atoms. The molecule has 1 amide bonds. The van der Waals surface area contributed by atoms with Gasteiger partial charge in [0.05, 0.1) is 11.7 Å². The number of hydrogen-bond donors (Lipinski definition) is 0. The molecule has 37 heavy (non-hydrogen) atoms. The van der Waals surface area contributed by atoms with Crippen LogP contribution in [0.3, 0.4) is 0 Å². The highest BCUT2D eigenvalue weighted by atomic mass is 19.1. The van der Waals surface area contributed by atoms with Gasteiger partial charge in [0, 0.05) is 29.8 Å². The highest BCUT2D eigenvalue weighted by molar-refractivity contribution is 5.93. The summed E-state index contributed by atoms with van der Waals surface area (Å²) in [5, 5.41) is 4.68. The fourth-order valence-corrected chi connectivity index (χ4v) is 5.88. The molecule has 5 nitrogen and oxygen atoms in total. The molecular weight excluding hydrogens is 470 g/mol. The maximum absolute atomic E-state index is 15.1. The molecule has 0 N–H and O–H groups in total. The number of hydrogen-bond acceptors (Lipinski definition) is 3. The van der Waals surface area contributed by atoms with Crippen molar-refractivity contribution >= 4 is 11.6 Å². The molecule has 2 fully saturated rings. The zero-order chi connectivity index (χ0) is 25.5. The van der Waals surface area contributed by atoms with E-state index in [1.54, 1.807) is 22.7 Å². The fraction of sp³-hybridized carbons (Fsp3) is 0.367. The number of carbonyl (C=O) groups is 1. The molecule has 2 aromatic heterocycles. The van der Waals surface area contributed by atoms with Crippen LogP contribution in [0.25, 0.3) is 16.9 Å². The van der Waals surface area contributed by atoms with Gasteiger partial charge in [-0.1, -0.05) is 37.3 Å². The van der Waals surface area contributed by atoms with Crippen molar-refractivity contribution in [2.24, 2.45) is 5.92 Å². The zero-order valence-electron chi connectivity index (χ0n) is 20.9. The second-order valence-electron chi connectivity index (χ2n) is 10.9. The second kappa shape index (κ2) is 7.94. The van der Waals surface area contributed by atoms with Gasteiger partial charge < -0.3 is 4.90 Å². The van der Waals surface area contributed by atoms with Crippen LogP contribution in [-0.2, 0) is 12.1 Å². The van der Waals surface area contributed by atoms with Crippen LogP contribution < -0.4 is 0 Å². The van der Waals surface area contributed by atoms with Crippen LogP contribution in [0.1, 0.15) is 77.9 Å². The van der Waals surface area contributed by atoms with Crippen molar-refractivity contribution in [2.75, 3.05) is 6.54 Å². The summed E-state index contributed by atoms with van der Waals surface area (Å²) in [5.74, 6) is -0.386. The second-order valence-corrected chi connectivity index (χ2v) is 10.9. The Bertz CT molecular complexity index is 1580. The lowest BCUT2D eigenvalue weighted by Crippen LogP contribution is -2.39. The lowest BCUT2D eigenvalue weighted by Gasteiger charge is -2.35. The monoisotopic (exact) mass is 498 g/mol. The first kappa shape index (κ1) is 22.6. The molecule has 188 valence electrons. The van der Waals surface area contributed by atoms with Crippen molar-refractivity contribution in [2.45, 2.75) is 57.2 Å². The number of fused-ring (bicyclic) bond motifs is 2. The summed E-state index contributed by atoms with van der Waals surface area (Å²) in [5.41, 5.74) is 3.99. The number of rotatable bonds is 4. The Morgan fingerprint density at radius 3 is 2.59 bits per heavy atom. The molecule has 7 heteroatoms. The van der Waals surface area contributed by atoms with E-state index in [1.807, 2.05) is 30.0 Å². The molecule has 4 aromatic rings. The number of halogens is 2. The topological polar surface area (TPSA) is 50.5 Å². The number of benzene rings is 2. The van der Waals surface area contributed by atoms with Gasteiger partial charge in [-0.25, -0.2) is 18.3 Å². The number of amides is 1. The quantitative estimate of drug-likeness (QED) is 0.328. The predicted octanol–water partition coefficient (Wildman–Crippen LogP) is 6.38. The van der Waals surface area contributed by atoms with Crippen molar-refractivity contribution in [3.8, 4) is 11.3 Å². The van der Waals surface area contributed by atoms with Crippen LogP contribution in [0.2, 0.25) is 0 Å². The van der Waals surface area contributed by atoms with Crippen LogP contribution in [0.5, 0.6) is 0 Å². The van der Waals surface area contributed by atoms with E-state index in [2.05, 4.69) is 24.2 Å². The summed E-state index contributed by atoms with van der Waals surface area (Å²) < 4.78 is 31.7. The van der Waals surface area contributed by atoms with E-state index >= 15 is 4.39 Å². The van der Waals surface area contributed by atoms with Crippen molar-refractivity contribution in [1.29, 1.82) is 0 Å². The third kappa shape index (κ3) is 3.58. The van der Waals surface area contributed by atoms with Gasteiger partial charge in [-0.15, -0.1) is 0 Å². The van der Waals surface area contributed by atoms with Crippen LogP contribution in [0, 0.1) is 11.7 Å². The van der Waals surface area contributed by atoms with Gasteiger partial charge in [0.2, 0.25) is 0 Å². The number of alkyl halides is 1. The maximum Gasteiger partial charge on any atom is 0.273 e. The highest BCUT2D eigenvalue weighted by Gasteiger charge is 2.53. The average Bonchev–Trinajstić information content (AvgIpc) is 3.80. The van der Waals surface area contributed by atoms with Crippen molar-refractivity contribution in [3.05, 3.63) is 88.5 Å². The van der Waals surface area contributed by atoms with E-state index in [-0.39, 0.29) is 17.9 Å². The van der Waals surface area contributed by atoms with E-state index in [0.29, 0.717) is 47.0 Å². The number of aromatic nitrogens is 3. The lowest BCUT2D eigenvalue weighted by molar-refractivity contribution is 0.0671. The molecule has 1 aliphatic heterocycles. The Morgan fingerprint density at radius 2 is 1.86 bits per heavy atom. The molecule has 0 spiro atoms. The summed E-state index contributed by atoms with van der Waals surface area (Å²) in [6.07, 6.45) is 3.28. The maximum atomic E-state index is 15.1. The van der Waals surface area contributed by atoms with E-state index in [0.717, 1.165) is 25.0 Å². The summed E-state index contributed by atoms with van der Waals surface area (Å²) in [7, 11) is 0. The molecule has 3 aliphatic rings. The average molecular weight is 499 g/mol. The lowest BCUT2D eigenvalue weighted by atomic mass is 9.93. The van der Waals surface area contributed by atoms with Crippen molar-refractivity contribution in [1.82, 2.24) is 19.5 Å². The molecule has 0 radical (unpaired) electrons. The number of nitrogens with zero attached hydrogens (tertiary/aromatic N) is 4. The Hall–Kier alpha value is -3.61. The zero-order valence-corrected chi connectivity index (χ0v) is 20.9. The third-order valence-corrected chi connectivity index (χ3v) is 8.47. The van der Waals surface area contributed by atoms with Gasteiger partial charge in [0.15, 0.2) is 5.65 Å². The smallest absolute Gasteiger partial charge is 0.273 e. The van der Waals surface area contributed by atoms with Gasteiger partial charge in [-0.3, -0.25) is 4.79 Å². The highest BCUT2D eigenvalue weighted by Crippen LogP contribution is 2.55. The van der Waals surface area contributed by atoms with Gasteiger partial charge in [0.25, 0.3) is 5.91 Å². The van der Waals surface area contributed by atoms with Gasteiger partial charge in [-0.2, -0.15) is 5.10 Å². The molecule has 3 atom stereocenters. The van der Waals surface area contributed by atoms with Crippen LogP contribution >= 0.6 is 0 Å². The first-order valence-electron chi connectivity index (χ1n) is 13.1. The van der Waals surface area contributed by atoms with E-state index < -0.39 is 11.5 Å². The fourth-order valence-electron chi connectivity index (χ4n) is 5.88. The summed E-state index contributed by atoms with van der Waals surface area (Å²) >= 11 is 0. The Morgan fingerprint density at radius 1 is 1.08 bits per heavy atom. The minimum atomic E-state index is -1.43. The minimum absolute atomic E-state index is 0.0408. The SMILES string of the molecule is CC1c2ccccc2CCN1C(=O)c1cc(C2CC2)n2nc(-c3ccc(C4(F)CC4C)cc3F)cc2n1. The van der Waals surface area contributed by atoms with Gasteiger partial charge in [0.1, 0.15) is 17.2 Å². The molecule has 2 aliphatic carbocycles. The molecule has 2 saturated carbocycles. The van der Waals surface area contributed by atoms with Crippen LogP contribution in [0.15, 0.2) is 54.6 Å². The first-order chi connectivity index (χ1) is 17.8. The summed E-state index contributed by atoms with van der Waals surface area (Å²) in [4.78, 5) is 20.3. The Balaban J connectivity index is 1.26. The standard InChI is InChI=1S/C30H28F2N4O/c1-17-16-30(17,32)21-9-10-23(24(31)13-21)25-15-28-33-26(14-27(20-7-8-20)36(28)34-25)29(37)35-12-11-19-5-3-4-6-22(19)18(35)2/h3-6,9-10,13-15,17-18,20H,7-8,11-12,16H2,1-2H3. The van der Waals surface area contributed by atoms with E-state index in [4.69, 9.17) is 4.98 Å². The van der Waals surface area contributed by atoms with Gasteiger partial charge >= 0.3 is 0 Å². The largest absolute Gasteiger partial charge is 0.330 e. The summed E-state index contributed by atoms with van der Waals surface area (Å²) in [6, 6.07) is 16.4. The molecule has 3 heterocycles. The molecule has 3 unspecified atom stereocenters. The van der Waals surface area contributed by atoms with E-state index in [1.165, 1.54) is 17.2 Å². The number of carbonyl (C=O) groups excluding carboxylic acids is 1. The first-order valence-corrected chi connectivity index (χ1v) is 13.1. The summed E-state index contributed by atoms with van der Waals surface area (Å²) in [6.45, 7) is 4.53. The molecular formula is C30H28F2N4O. The van der Waals surface area contributed by atoms with Gasteiger partial charge in [-0.05, 0) is 73.4 Å². The van der Waals surface area contributed by atoms with Crippen molar-refractivity contribution < 1.29 is 13.6 Å². The molecule has 7 rings (SSSR count). The third-order valence-electron chi connectivity index (χ3n) is 8.47. The minimum Gasteiger partial charge on any atom is -0.330 e. The predicted molar refractivity (Wildman–Crippen MR) is 137 cm³/mol. The Kier molecular flexibility index (Phi) is 4.85. The van der Waals surface area contributed by atoms with E-state index in [9.17, 15) is 9.18 Å². The van der Waals surface area contributed by atoms with Crippen molar-refractivity contribution in [3.63, 3.8) is 0 Å². The molecule has 2 aromatic carbocycles. The Labute approximate surface area is 214 Å².